The van der Waals surface area contributed by atoms with E-state index in [-0.39, 0.29) is 22.6 Å². The third-order valence-electron chi connectivity index (χ3n) is 6.27. The highest BCUT2D eigenvalue weighted by Crippen LogP contribution is 2.40. The molecule has 2 aliphatic rings. The average Bonchev–Trinajstić information content (AvgIpc) is 3.02. The number of benzene rings is 1. The van der Waals surface area contributed by atoms with Crippen LogP contribution >= 0.6 is 0 Å². The summed E-state index contributed by atoms with van der Waals surface area (Å²) in [6, 6.07) is 3.22. The van der Waals surface area contributed by atoms with Gasteiger partial charge in [0.25, 0.3) is 5.91 Å². The first-order valence-electron chi connectivity index (χ1n) is 10.2. The van der Waals surface area contributed by atoms with Crippen LogP contribution in [0.5, 0.6) is 0 Å². The van der Waals surface area contributed by atoms with E-state index in [1.807, 2.05) is 4.90 Å². The van der Waals surface area contributed by atoms with E-state index in [1.54, 1.807) is 0 Å². The Kier molecular flexibility index (Phi) is 5.42. The largest absolute Gasteiger partial charge is 0.449 e. The molecule has 1 aliphatic carbocycles. The van der Waals surface area contributed by atoms with Gasteiger partial charge in [0.15, 0.2) is 0 Å². The van der Waals surface area contributed by atoms with Crippen molar-refractivity contribution in [2.45, 2.75) is 43.9 Å². The number of furan rings is 1. The zero-order valence-corrected chi connectivity index (χ0v) is 16.4. The monoisotopic (exact) mass is 428 g/mol. The topological polar surface area (TPSA) is 65.7 Å². The number of halogens is 4. The summed E-state index contributed by atoms with van der Waals surface area (Å²) in [7, 11) is 0. The summed E-state index contributed by atoms with van der Waals surface area (Å²) in [5.74, 6) is -0.159. The Labute approximate surface area is 171 Å². The van der Waals surface area contributed by atoms with Crippen LogP contribution < -0.4 is 10.2 Å². The standard InChI is InChI=1S/C21H24F4N2O3/c22-20(12-28)6-3-13(4-7-20)5-9-27-10-8-26-19(29)18-17(27)15-11-14(21(23,24)25)1-2-16(15)30-18/h1-2,11,13,28H,3-10,12H2,(H,26,29). The van der Waals surface area contributed by atoms with E-state index in [1.165, 1.54) is 6.07 Å². The summed E-state index contributed by atoms with van der Waals surface area (Å²) in [6.07, 6.45) is -1.85. The van der Waals surface area contributed by atoms with Crippen LogP contribution in [0.25, 0.3) is 11.0 Å². The summed E-state index contributed by atoms with van der Waals surface area (Å²) >= 11 is 0. The van der Waals surface area contributed by atoms with Crippen LogP contribution in [0.2, 0.25) is 0 Å². The molecule has 1 amide bonds. The number of alkyl halides is 4. The predicted octanol–water partition coefficient (Wildman–Crippen LogP) is 4.28. The van der Waals surface area contributed by atoms with Crippen molar-refractivity contribution >= 4 is 22.6 Å². The highest BCUT2D eigenvalue weighted by atomic mass is 19.4. The third-order valence-corrected chi connectivity index (χ3v) is 6.27. The van der Waals surface area contributed by atoms with Crippen molar-refractivity contribution < 1.29 is 31.9 Å². The molecule has 9 heteroatoms. The van der Waals surface area contributed by atoms with Gasteiger partial charge in [0.2, 0.25) is 5.76 Å². The smallest absolute Gasteiger partial charge is 0.416 e. The van der Waals surface area contributed by atoms with Gasteiger partial charge >= 0.3 is 6.18 Å². The van der Waals surface area contributed by atoms with Gasteiger partial charge in [-0.15, -0.1) is 0 Å². The van der Waals surface area contributed by atoms with Crippen molar-refractivity contribution in [3.8, 4) is 0 Å². The molecular formula is C21H24F4N2O3. The normalized spacial score (nSPS) is 25.2. The van der Waals surface area contributed by atoms with Gasteiger partial charge in [-0.1, -0.05) is 0 Å². The summed E-state index contributed by atoms with van der Waals surface area (Å²) in [5, 5.41) is 12.2. The van der Waals surface area contributed by atoms with Gasteiger partial charge in [-0.2, -0.15) is 13.2 Å². The molecule has 0 bridgehead atoms. The van der Waals surface area contributed by atoms with Crippen LogP contribution in [0.3, 0.4) is 0 Å². The molecule has 2 N–H and O–H groups in total. The lowest BCUT2D eigenvalue weighted by Gasteiger charge is -2.33. The molecular weight excluding hydrogens is 404 g/mol. The second kappa shape index (κ2) is 7.76. The summed E-state index contributed by atoms with van der Waals surface area (Å²) in [5.41, 5.74) is -1.68. The van der Waals surface area contributed by atoms with Gasteiger partial charge in [0.05, 0.1) is 17.9 Å². The molecule has 164 valence electrons. The lowest BCUT2D eigenvalue weighted by molar-refractivity contribution is -0.137. The van der Waals surface area contributed by atoms with Crippen LogP contribution in [0.15, 0.2) is 22.6 Å². The zero-order valence-electron chi connectivity index (χ0n) is 16.4. The molecule has 30 heavy (non-hydrogen) atoms. The minimum atomic E-state index is -4.50. The number of nitrogens with one attached hydrogen (secondary N) is 1. The van der Waals surface area contributed by atoms with Crippen LogP contribution in [-0.4, -0.2) is 42.9 Å². The molecule has 2 aromatic rings. The average molecular weight is 428 g/mol. The molecule has 4 rings (SSSR count). The molecule has 0 radical (unpaired) electrons. The molecule has 1 aromatic heterocycles. The molecule has 0 saturated heterocycles. The van der Waals surface area contributed by atoms with Crippen molar-refractivity contribution in [1.29, 1.82) is 0 Å². The molecule has 0 spiro atoms. The van der Waals surface area contributed by atoms with E-state index in [0.29, 0.717) is 51.0 Å². The highest BCUT2D eigenvalue weighted by Gasteiger charge is 2.36. The Hall–Kier alpha value is -2.29. The fourth-order valence-electron chi connectivity index (χ4n) is 4.43. The number of carbonyl (C=O) groups excluding carboxylic acids is 1. The lowest BCUT2D eigenvalue weighted by Crippen LogP contribution is -2.35. The maximum atomic E-state index is 14.2. The summed E-state index contributed by atoms with van der Waals surface area (Å²) in [6.45, 7) is 0.855. The maximum Gasteiger partial charge on any atom is 0.416 e. The van der Waals surface area contributed by atoms with E-state index >= 15 is 0 Å². The Morgan fingerprint density at radius 2 is 2.00 bits per heavy atom. The number of hydrogen-bond donors (Lipinski definition) is 2. The van der Waals surface area contributed by atoms with Gasteiger partial charge in [-0.05, 0) is 56.2 Å². The number of fused-ring (bicyclic) bond motifs is 3. The fourth-order valence-corrected chi connectivity index (χ4v) is 4.43. The third kappa shape index (κ3) is 3.99. The zero-order chi connectivity index (χ0) is 21.5. The molecule has 1 aromatic carbocycles. The first-order chi connectivity index (χ1) is 14.2. The number of hydrogen-bond acceptors (Lipinski definition) is 4. The maximum absolute atomic E-state index is 14.2. The van der Waals surface area contributed by atoms with Gasteiger partial charge in [0.1, 0.15) is 11.3 Å². The number of amides is 1. The van der Waals surface area contributed by atoms with E-state index < -0.39 is 29.9 Å². The number of rotatable bonds is 4. The van der Waals surface area contributed by atoms with Gasteiger partial charge in [-0.3, -0.25) is 4.79 Å². The first-order valence-corrected chi connectivity index (χ1v) is 10.2. The van der Waals surface area contributed by atoms with Crippen LogP contribution in [0.1, 0.15) is 48.2 Å². The Balaban J connectivity index is 1.59. The van der Waals surface area contributed by atoms with Gasteiger partial charge in [-0.25, -0.2) is 4.39 Å². The number of aliphatic hydroxyl groups excluding tert-OH is 1. The predicted molar refractivity (Wildman–Crippen MR) is 103 cm³/mol. The molecule has 5 nitrogen and oxygen atoms in total. The van der Waals surface area contributed by atoms with Gasteiger partial charge < -0.3 is 19.7 Å². The fraction of sp³-hybridized carbons (Fsp3) is 0.571. The number of aliphatic hydroxyl groups is 1. The van der Waals surface area contributed by atoms with Crippen molar-refractivity contribution in [3.05, 3.63) is 29.5 Å². The molecule has 1 fully saturated rings. The minimum absolute atomic E-state index is 0.0218. The molecule has 0 atom stereocenters. The van der Waals surface area contributed by atoms with Crippen molar-refractivity contribution in [1.82, 2.24) is 5.32 Å². The SMILES string of the molecule is O=C1NCCN(CCC2CCC(F)(CO)CC2)c2c1oc1ccc(C(F)(F)F)cc21. The van der Waals surface area contributed by atoms with E-state index in [0.717, 1.165) is 18.6 Å². The molecule has 0 unspecified atom stereocenters. The van der Waals surface area contributed by atoms with E-state index in [2.05, 4.69) is 5.32 Å². The van der Waals surface area contributed by atoms with Crippen molar-refractivity contribution in [2.75, 3.05) is 31.1 Å². The van der Waals surface area contributed by atoms with E-state index in [4.69, 9.17) is 4.42 Å². The Morgan fingerprint density at radius 1 is 1.27 bits per heavy atom. The number of nitrogens with zero attached hydrogens (tertiary/aromatic N) is 1. The number of carbonyl (C=O) groups is 1. The second-order valence-corrected chi connectivity index (χ2v) is 8.27. The van der Waals surface area contributed by atoms with Crippen molar-refractivity contribution in [2.24, 2.45) is 5.92 Å². The molecule has 1 saturated carbocycles. The Bertz CT molecular complexity index is 932. The van der Waals surface area contributed by atoms with E-state index in [9.17, 15) is 27.5 Å². The van der Waals surface area contributed by atoms with Crippen molar-refractivity contribution in [3.63, 3.8) is 0 Å². The summed E-state index contributed by atoms with van der Waals surface area (Å²) < 4.78 is 59.5. The number of anilines is 1. The lowest BCUT2D eigenvalue weighted by atomic mass is 9.79. The molecule has 1 aliphatic heterocycles. The van der Waals surface area contributed by atoms with Crippen LogP contribution in [-0.2, 0) is 6.18 Å². The highest BCUT2D eigenvalue weighted by molar-refractivity contribution is 6.07. The van der Waals surface area contributed by atoms with Crippen LogP contribution in [0, 0.1) is 5.92 Å². The van der Waals surface area contributed by atoms with Crippen LogP contribution in [0.4, 0.5) is 23.2 Å². The van der Waals surface area contributed by atoms with Gasteiger partial charge in [0, 0.05) is 25.0 Å². The quantitative estimate of drug-likeness (QED) is 0.714. The second-order valence-electron chi connectivity index (χ2n) is 8.27. The minimum Gasteiger partial charge on any atom is -0.449 e. The summed E-state index contributed by atoms with van der Waals surface area (Å²) in [4.78, 5) is 14.3. The first kappa shape index (κ1) is 21.0. The Morgan fingerprint density at radius 3 is 2.67 bits per heavy atom. The molecule has 2 heterocycles.